The Balaban J connectivity index is 1.83. The normalized spacial score (nSPS) is 18.9. The van der Waals surface area contributed by atoms with Crippen LogP contribution in [0.15, 0.2) is 35.7 Å². The van der Waals surface area contributed by atoms with E-state index in [2.05, 4.69) is 9.71 Å². The van der Waals surface area contributed by atoms with E-state index < -0.39 is 34.2 Å². The second-order valence-electron chi connectivity index (χ2n) is 7.31. The van der Waals surface area contributed by atoms with E-state index in [9.17, 15) is 12.8 Å². The van der Waals surface area contributed by atoms with Crippen LogP contribution in [0.5, 0.6) is 0 Å². The van der Waals surface area contributed by atoms with Crippen LogP contribution < -0.4 is 10.2 Å². The molecule has 1 aliphatic heterocycles. The maximum Gasteiger partial charge on any atom is 0.494 e. The Morgan fingerprint density at radius 2 is 1.81 bits per heavy atom. The summed E-state index contributed by atoms with van der Waals surface area (Å²) in [6.45, 7) is 7.61. The quantitative estimate of drug-likeness (QED) is 0.815. The van der Waals surface area contributed by atoms with Gasteiger partial charge in [0.15, 0.2) is 5.03 Å². The fourth-order valence-corrected chi connectivity index (χ4v) is 3.52. The maximum atomic E-state index is 14.5. The highest BCUT2D eigenvalue weighted by molar-refractivity contribution is 7.92. The summed E-state index contributed by atoms with van der Waals surface area (Å²) in [5.41, 5.74) is -0.793. The molecule has 1 aromatic heterocycles. The van der Waals surface area contributed by atoms with E-state index in [1.807, 2.05) is 27.7 Å². The van der Waals surface area contributed by atoms with Gasteiger partial charge in [0.2, 0.25) is 0 Å². The van der Waals surface area contributed by atoms with Crippen molar-refractivity contribution in [1.82, 2.24) is 9.55 Å². The van der Waals surface area contributed by atoms with Crippen molar-refractivity contribution in [1.29, 1.82) is 0 Å². The maximum absolute atomic E-state index is 14.5. The van der Waals surface area contributed by atoms with Gasteiger partial charge in [0.05, 0.1) is 23.2 Å². The number of benzene rings is 1. The minimum absolute atomic E-state index is 0.170. The number of hydrogen-bond donors (Lipinski definition) is 1. The molecule has 1 fully saturated rings. The predicted octanol–water partition coefficient (Wildman–Crippen LogP) is 1.66. The zero-order chi connectivity index (χ0) is 19.3. The zero-order valence-corrected chi connectivity index (χ0v) is 16.1. The van der Waals surface area contributed by atoms with Gasteiger partial charge in [-0.2, -0.15) is 8.42 Å². The fourth-order valence-electron chi connectivity index (χ4n) is 2.46. The Morgan fingerprint density at radius 3 is 2.31 bits per heavy atom. The van der Waals surface area contributed by atoms with E-state index in [1.54, 1.807) is 13.1 Å². The van der Waals surface area contributed by atoms with Crippen molar-refractivity contribution in [3.8, 4) is 0 Å². The number of nitrogens with one attached hydrogen (secondary N) is 1. The van der Waals surface area contributed by atoms with Crippen molar-refractivity contribution in [2.45, 2.75) is 43.9 Å². The van der Waals surface area contributed by atoms with Gasteiger partial charge in [-0.1, -0.05) is 6.07 Å². The molecule has 0 amide bonds. The van der Waals surface area contributed by atoms with Crippen molar-refractivity contribution >= 4 is 28.3 Å². The summed E-state index contributed by atoms with van der Waals surface area (Å²) in [5, 5.41) is -0.186. The number of aryl methyl sites for hydroxylation is 1. The Hall–Kier alpha value is -1.91. The molecule has 0 radical (unpaired) electrons. The standard InChI is InChI=1S/C16H21BFN3O4S/c1-15(2)16(3,4)25-17(24-15)11-6-7-13(12(18)8-11)20-26(22,23)14-9-21(5)10-19-14/h6-10,20H,1-5H3. The number of halogens is 1. The number of imidazole rings is 1. The Bertz CT molecular complexity index is 927. The first-order chi connectivity index (χ1) is 11.9. The summed E-state index contributed by atoms with van der Waals surface area (Å²) < 4.78 is 54.5. The summed E-state index contributed by atoms with van der Waals surface area (Å²) in [4.78, 5) is 3.78. The van der Waals surface area contributed by atoms with Crippen molar-refractivity contribution in [2.75, 3.05) is 4.72 Å². The lowest BCUT2D eigenvalue weighted by molar-refractivity contribution is 0.00578. The molecule has 26 heavy (non-hydrogen) atoms. The van der Waals surface area contributed by atoms with Gasteiger partial charge in [-0.15, -0.1) is 0 Å². The third-order valence-electron chi connectivity index (χ3n) is 4.72. The predicted molar refractivity (Wildman–Crippen MR) is 96.1 cm³/mol. The van der Waals surface area contributed by atoms with Crippen LogP contribution in [0.1, 0.15) is 27.7 Å². The number of rotatable bonds is 4. The van der Waals surface area contributed by atoms with Gasteiger partial charge < -0.3 is 13.9 Å². The Kier molecular flexibility index (Phi) is 4.41. The number of anilines is 1. The number of sulfonamides is 1. The molecular weight excluding hydrogens is 360 g/mol. The van der Waals surface area contributed by atoms with Crippen LogP contribution in [0, 0.1) is 5.82 Å². The van der Waals surface area contributed by atoms with Crippen LogP contribution in [0.2, 0.25) is 0 Å². The SMILES string of the molecule is Cn1cnc(S(=O)(=O)Nc2ccc(B3OC(C)(C)C(C)(C)O3)cc2F)c1. The Morgan fingerprint density at radius 1 is 1.19 bits per heavy atom. The van der Waals surface area contributed by atoms with E-state index >= 15 is 0 Å². The van der Waals surface area contributed by atoms with Crippen LogP contribution in [-0.4, -0.2) is 36.3 Å². The van der Waals surface area contributed by atoms with Crippen LogP contribution in [0.25, 0.3) is 0 Å². The molecule has 1 aliphatic rings. The van der Waals surface area contributed by atoms with E-state index in [0.717, 1.165) is 0 Å². The summed E-state index contributed by atoms with van der Waals surface area (Å²) in [5.74, 6) is -0.725. The first-order valence-corrected chi connectivity index (χ1v) is 9.55. The van der Waals surface area contributed by atoms with E-state index in [1.165, 1.54) is 29.2 Å². The average Bonchev–Trinajstić information content (AvgIpc) is 3.03. The fraction of sp³-hybridized carbons (Fsp3) is 0.438. The molecule has 3 rings (SSSR count). The molecule has 0 atom stereocenters. The van der Waals surface area contributed by atoms with Gasteiger partial charge in [0.1, 0.15) is 5.82 Å². The number of nitrogens with zero attached hydrogens (tertiary/aromatic N) is 2. The lowest BCUT2D eigenvalue weighted by atomic mass is 9.79. The molecule has 140 valence electrons. The topological polar surface area (TPSA) is 82.5 Å². The molecular formula is C16H21BFN3O4S. The Labute approximate surface area is 152 Å². The molecule has 10 heteroatoms. The highest BCUT2D eigenvalue weighted by atomic mass is 32.2. The van der Waals surface area contributed by atoms with Crippen molar-refractivity contribution in [3.63, 3.8) is 0 Å². The van der Waals surface area contributed by atoms with Gasteiger partial charge in [-0.05, 0) is 45.3 Å². The lowest BCUT2D eigenvalue weighted by Gasteiger charge is -2.32. The van der Waals surface area contributed by atoms with E-state index in [0.29, 0.717) is 5.46 Å². The number of hydrogen-bond acceptors (Lipinski definition) is 5. The summed E-state index contributed by atoms with van der Waals surface area (Å²) in [6, 6.07) is 4.12. The zero-order valence-electron chi connectivity index (χ0n) is 15.3. The van der Waals surface area contributed by atoms with Crippen LogP contribution in [0.3, 0.4) is 0 Å². The van der Waals surface area contributed by atoms with Crippen LogP contribution in [0.4, 0.5) is 10.1 Å². The van der Waals surface area contributed by atoms with Gasteiger partial charge >= 0.3 is 7.12 Å². The average molecular weight is 381 g/mol. The van der Waals surface area contributed by atoms with Gasteiger partial charge in [-0.25, -0.2) is 9.37 Å². The minimum atomic E-state index is -3.97. The third kappa shape index (κ3) is 3.36. The van der Waals surface area contributed by atoms with Crippen LogP contribution in [-0.2, 0) is 26.4 Å². The molecule has 1 N–H and O–H groups in total. The number of aromatic nitrogens is 2. The molecule has 2 heterocycles. The molecule has 0 unspecified atom stereocenters. The molecule has 1 saturated heterocycles. The summed E-state index contributed by atoms with van der Waals surface area (Å²) >= 11 is 0. The van der Waals surface area contributed by atoms with Gasteiger partial charge in [0, 0.05) is 13.2 Å². The van der Waals surface area contributed by atoms with E-state index in [4.69, 9.17) is 9.31 Å². The second-order valence-corrected chi connectivity index (χ2v) is 8.94. The van der Waals surface area contributed by atoms with Crippen molar-refractivity contribution < 1.29 is 22.1 Å². The van der Waals surface area contributed by atoms with Crippen molar-refractivity contribution in [2.24, 2.45) is 7.05 Å². The first kappa shape index (κ1) is 18.9. The molecule has 0 saturated carbocycles. The molecule has 7 nitrogen and oxygen atoms in total. The van der Waals surface area contributed by atoms with Crippen LogP contribution >= 0.6 is 0 Å². The van der Waals surface area contributed by atoms with E-state index in [-0.39, 0.29) is 10.7 Å². The molecule has 1 aromatic carbocycles. The molecule has 0 bridgehead atoms. The summed E-state index contributed by atoms with van der Waals surface area (Å²) in [7, 11) is -3.05. The highest BCUT2D eigenvalue weighted by Crippen LogP contribution is 2.36. The van der Waals surface area contributed by atoms with Gasteiger partial charge in [-0.3, -0.25) is 4.72 Å². The molecule has 0 aliphatic carbocycles. The second kappa shape index (κ2) is 6.07. The largest absolute Gasteiger partial charge is 0.494 e. The first-order valence-electron chi connectivity index (χ1n) is 8.07. The molecule has 0 spiro atoms. The highest BCUT2D eigenvalue weighted by Gasteiger charge is 2.51. The minimum Gasteiger partial charge on any atom is -0.399 e. The smallest absolute Gasteiger partial charge is 0.399 e. The lowest BCUT2D eigenvalue weighted by Crippen LogP contribution is -2.41. The monoisotopic (exact) mass is 381 g/mol. The summed E-state index contributed by atoms with van der Waals surface area (Å²) in [6.07, 6.45) is 2.69. The molecule has 2 aromatic rings. The van der Waals surface area contributed by atoms with Crippen molar-refractivity contribution in [3.05, 3.63) is 36.5 Å². The van der Waals surface area contributed by atoms with Gasteiger partial charge in [0.25, 0.3) is 10.0 Å². The third-order valence-corrected chi connectivity index (χ3v) is 5.97.